The lowest BCUT2D eigenvalue weighted by molar-refractivity contribution is 0.0523. The van der Waals surface area contributed by atoms with Crippen LogP contribution in [0.2, 0.25) is 0 Å². The average Bonchev–Trinajstić information content (AvgIpc) is 2.95. The van der Waals surface area contributed by atoms with Crippen molar-refractivity contribution in [3.8, 4) is 0 Å². The Kier molecular flexibility index (Phi) is 6.09. The maximum Gasteiger partial charge on any atom is 0.407 e. The van der Waals surface area contributed by atoms with Gasteiger partial charge in [0.25, 0.3) is 0 Å². The zero-order valence-corrected chi connectivity index (χ0v) is 16.2. The summed E-state index contributed by atoms with van der Waals surface area (Å²) in [5, 5.41) is 3.63. The van der Waals surface area contributed by atoms with Crippen LogP contribution in [-0.2, 0) is 11.3 Å². The Hall–Kier alpha value is -2.75. The second-order valence-electron chi connectivity index (χ2n) is 7.47. The second kappa shape index (κ2) is 8.09. The number of nitrogens with one attached hydrogen (secondary N) is 1. The number of allylic oxidation sites excluding steroid dienone is 2. The minimum Gasteiger partial charge on any atom is -0.464 e. The molecule has 0 atom stereocenters. The van der Waals surface area contributed by atoms with E-state index < -0.39 is 11.7 Å². The molecule has 2 rings (SSSR count). The zero-order valence-electron chi connectivity index (χ0n) is 16.2. The van der Waals surface area contributed by atoms with E-state index in [1.165, 1.54) is 0 Å². The fraction of sp³-hybridized carbons (Fsp3) is 0.318. The summed E-state index contributed by atoms with van der Waals surface area (Å²) in [7, 11) is 0. The van der Waals surface area contributed by atoms with Gasteiger partial charge in [-0.2, -0.15) is 0 Å². The fourth-order valence-electron chi connectivity index (χ4n) is 2.48. The number of amides is 1. The van der Waals surface area contributed by atoms with Crippen molar-refractivity contribution < 1.29 is 13.9 Å². The van der Waals surface area contributed by atoms with Crippen LogP contribution in [0.5, 0.6) is 0 Å². The standard InChI is InChI=1S/C22H27NO3/c1-15(2)12-19(20-16(3)10-11-25-20)18-9-7-8-17(13-18)14-23-21(24)26-22(4,5)6/h7-13H,3,14H2,1-2,4-6H3,(H,23,24)/b20-19-. The molecule has 1 aromatic heterocycles. The van der Waals surface area contributed by atoms with Gasteiger partial charge in [-0.05, 0) is 57.9 Å². The van der Waals surface area contributed by atoms with Crippen molar-refractivity contribution in [2.24, 2.45) is 0 Å². The summed E-state index contributed by atoms with van der Waals surface area (Å²) in [6.45, 7) is 14.0. The minimum atomic E-state index is -0.514. The van der Waals surface area contributed by atoms with E-state index in [9.17, 15) is 4.79 Å². The van der Waals surface area contributed by atoms with Gasteiger partial charge < -0.3 is 14.5 Å². The summed E-state index contributed by atoms with van der Waals surface area (Å²) < 4.78 is 10.9. The van der Waals surface area contributed by atoms with Gasteiger partial charge in [-0.25, -0.2) is 4.79 Å². The molecule has 0 fully saturated rings. The number of benzene rings is 1. The number of carbonyl (C=O) groups is 1. The van der Waals surface area contributed by atoms with Gasteiger partial charge in [-0.3, -0.25) is 0 Å². The first-order chi connectivity index (χ1) is 12.2. The Morgan fingerprint density at radius 1 is 1.27 bits per heavy atom. The number of ether oxygens (including phenoxy) is 1. The van der Waals surface area contributed by atoms with Gasteiger partial charge in [0.05, 0.1) is 6.26 Å². The molecule has 4 nitrogen and oxygen atoms in total. The van der Waals surface area contributed by atoms with Gasteiger partial charge in [0, 0.05) is 17.3 Å². The van der Waals surface area contributed by atoms with Crippen LogP contribution in [0.15, 0.2) is 52.7 Å². The Labute approximate surface area is 154 Å². The molecule has 1 heterocycles. The normalized spacial score (nSPS) is 12.3. The van der Waals surface area contributed by atoms with Crippen LogP contribution in [0.1, 0.15) is 45.7 Å². The molecule has 26 heavy (non-hydrogen) atoms. The smallest absolute Gasteiger partial charge is 0.407 e. The molecule has 0 aliphatic rings. The van der Waals surface area contributed by atoms with E-state index in [1.54, 1.807) is 6.26 Å². The van der Waals surface area contributed by atoms with E-state index in [0.29, 0.717) is 6.54 Å². The summed E-state index contributed by atoms with van der Waals surface area (Å²) >= 11 is 0. The predicted octanol–water partition coefficient (Wildman–Crippen LogP) is 3.88. The first-order valence-corrected chi connectivity index (χ1v) is 8.63. The molecule has 0 radical (unpaired) electrons. The van der Waals surface area contributed by atoms with E-state index in [0.717, 1.165) is 32.9 Å². The van der Waals surface area contributed by atoms with Crippen LogP contribution in [-0.4, -0.2) is 11.7 Å². The molecule has 1 N–H and O–H groups in total. The maximum absolute atomic E-state index is 11.9. The Morgan fingerprint density at radius 2 is 2.00 bits per heavy atom. The Bertz CT molecular complexity index is 909. The van der Waals surface area contributed by atoms with Crippen LogP contribution in [0.3, 0.4) is 0 Å². The molecule has 0 bridgehead atoms. The van der Waals surface area contributed by atoms with E-state index in [2.05, 4.69) is 18.0 Å². The molecule has 2 aromatic rings. The number of hydrogen-bond acceptors (Lipinski definition) is 3. The van der Waals surface area contributed by atoms with Crippen LogP contribution < -0.4 is 16.0 Å². The van der Waals surface area contributed by atoms with E-state index in [4.69, 9.17) is 9.15 Å². The molecular weight excluding hydrogens is 326 g/mol. The van der Waals surface area contributed by atoms with E-state index >= 15 is 0 Å². The summed E-state index contributed by atoms with van der Waals surface area (Å²) in [5.74, 6) is 0. The fourth-order valence-corrected chi connectivity index (χ4v) is 2.48. The van der Waals surface area contributed by atoms with Crippen LogP contribution >= 0.6 is 0 Å². The van der Waals surface area contributed by atoms with Gasteiger partial charge in [-0.15, -0.1) is 0 Å². The van der Waals surface area contributed by atoms with Gasteiger partial charge in [-0.1, -0.05) is 36.4 Å². The second-order valence-corrected chi connectivity index (χ2v) is 7.47. The van der Waals surface area contributed by atoms with E-state index in [-0.39, 0.29) is 0 Å². The first kappa shape index (κ1) is 19.6. The van der Waals surface area contributed by atoms with Crippen LogP contribution in [0.25, 0.3) is 12.2 Å². The molecule has 0 spiro atoms. The largest absolute Gasteiger partial charge is 0.464 e. The molecule has 0 saturated heterocycles. The van der Waals surface area contributed by atoms with Crippen molar-refractivity contribution in [2.75, 3.05) is 0 Å². The van der Waals surface area contributed by atoms with Crippen molar-refractivity contribution in [2.45, 2.75) is 46.8 Å². The zero-order chi connectivity index (χ0) is 19.3. The van der Waals surface area contributed by atoms with Gasteiger partial charge in [0.2, 0.25) is 0 Å². The number of hydrogen-bond donors (Lipinski definition) is 1. The number of rotatable bonds is 4. The van der Waals surface area contributed by atoms with E-state index in [1.807, 2.05) is 65.0 Å². The average molecular weight is 353 g/mol. The number of furan rings is 1. The van der Waals surface area contributed by atoms with Gasteiger partial charge in [0.1, 0.15) is 11.0 Å². The van der Waals surface area contributed by atoms with Crippen molar-refractivity contribution in [3.63, 3.8) is 0 Å². The maximum atomic E-state index is 11.9. The topological polar surface area (TPSA) is 51.5 Å². The van der Waals surface area contributed by atoms with Gasteiger partial charge >= 0.3 is 6.09 Å². The molecule has 1 aromatic carbocycles. The molecule has 0 unspecified atom stereocenters. The summed E-state index contributed by atoms with van der Waals surface area (Å²) in [6, 6.07) is 9.84. The molecule has 0 aliphatic carbocycles. The molecule has 4 heteroatoms. The van der Waals surface area contributed by atoms with Crippen molar-refractivity contribution in [3.05, 3.63) is 70.0 Å². The highest BCUT2D eigenvalue weighted by Crippen LogP contribution is 2.17. The Balaban J connectivity index is 2.30. The molecular formula is C22H27NO3. The molecule has 138 valence electrons. The van der Waals surface area contributed by atoms with Crippen molar-refractivity contribution in [1.82, 2.24) is 5.32 Å². The minimum absolute atomic E-state index is 0.389. The third kappa shape index (κ3) is 5.66. The molecule has 0 saturated carbocycles. The van der Waals surface area contributed by atoms with Crippen LogP contribution in [0, 0.1) is 0 Å². The number of alkyl carbamates (subject to hydrolysis) is 1. The highest BCUT2D eigenvalue weighted by molar-refractivity contribution is 5.74. The third-order valence-electron chi connectivity index (χ3n) is 3.50. The summed E-state index contributed by atoms with van der Waals surface area (Å²) in [4.78, 5) is 11.9. The SMILES string of the molecule is C=c1cco/c1=C(/C=C(C)C)c1cccc(CNC(=O)OC(C)(C)C)c1. The lowest BCUT2D eigenvalue weighted by atomic mass is 10.0. The van der Waals surface area contributed by atoms with Crippen molar-refractivity contribution in [1.29, 1.82) is 0 Å². The lowest BCUT2D eigenvalue weighted by Crippen LogP contribution is -2.32. The summed E-state index contributed by atoms with van der Waals surface area (Å²) in [5.41, 5.74) is 4.36. The highest BCUT2D eigenvalue weighted by Gasteiger charge is 2.15. The quantitative estimate of drug-likeness (QED) is 0.907. The van der Waals surface area contributed by atoms with Crippen LogP contribution in [0.4, 0.5) is 4.79 Å². The monoisotopic (exact) mass is 353 g/mol. The highest BCUT2D eigenvalue weighted by atomic mass is 16.6. The molecule has 0 aliphatic heterocycles. The van der Waals surface area contributed by atoms with Crippen molar-refractivity contribution >= 4 is 18.2 Å². The Morgan fingerprint density at radius 3 is 2.58 bits per heavy atom. The first-order valence-electron chi connectivity index (χ1n) is 8.63. The van der Waals surface area contributed by atoms with Gasteiger partial charge in [0.15, 0.2) is 0 Å². The summed E-state index contributed by atoms with van der Waals surface area (Å²) in [6.07, 6.45) is 3.29. The number of carbonyl (C=O) groups excluding carboxylic acids is 1. The lowest BCUT2D eigenvalue weighted by Gasteiger charge is -2.19. The predicted molar refractivity (Wildman–Crippen MR) is 105 cm³/mol. The molecule has 1 amide bonds. The third-order valence-corrected chi connectivity index (χ3v) is 3.50.